The number of fused-ring (bicyclic) bond motifs is 1. The molecular weight excluding hydrogens is 262 g/mol. The molecule has 2 unspecified atom stereocenters. The third-order valence-corrected chi connectivity index (χ3v) is 5.99. The highest BCUT2D eigenvalue weighted by atomic mass is 32.2. The van der Waals surface area contributed by atoms with Crippen LogP contribution in [0.15, 0.2) is 29.2 Å². The van der Waals surface area contributed by atoms with Crippen LogP contribution in [0.5, 0.6) is 0 Å². The van der Waals surface area contributed by atoms with Crippen molar-refractivity contribution in [2.24, 2.45) is 5.92 Å². The molecule has 110 valence electrons. The fourth-order valence-electron chi connectivity index (χ4n) is 3.31. The van der Waals surface area contributed by atoms with E-state index < -0.39 is 0 Å². The van der Waals surface area contributed by atoms with Crippen LogP contribution in [0.2, 0.25) is 0 Å². The number of benzene rings is 1. The molecule has 0 bridgehead atoms. The Morgan fingerprint density at radius 1 is 1.30 bits per heavy atom. The molecule has 1 aliphatic carbocycles. The van der Waals surface area contributed by atoms with Gasteiger partial charge in [0.1, 0.15) is 0 Å². The molecule has 3 rings (SSSR count). The molecule has 1 aromatic carbocycles. The lowest BCUT2D eigenvalue weighted by molar-refractivity contribution is 0.418. The van der Waals surface area contributed by atoms with Crippen LogP contribution >= 0.6 is 11.8 Å². The van der Waals surface area contributed by atoms with Crippen molar-refractivity contribution >= 4 is 11.8 Å². The van der Waals surface area contributed by atoms with Crippen molar-refractivity contribution in [3.8, 4) is 0 Å². The van der Waals surface area contributed by atoms with Crippen molar-refractivity contribution in [2.75, 3.05) is 6.54 Å². The number of thioether (sulfide) groups is 1. The fourth-order valence-corrected chi connectivity index (χ4v) is 4.68. The van der Waals surface area contributed by atoms with E-state index in [0.29, 0.717) is 0 Å². The first-order chi connectivity index (χ1) is 9.86. The van der Waals surface area contributed by atoms with Gasteiger partial charge in [-0.05, 0) is 62.6 Å². The smallest absolute Gasteiger partial charge is 0.0135 e. The SMILES string of the molecule is CCCNC(CCCC1Cc2ccccc2S1)C1CC1. The van der Waals surface area contributed by atoms with Crippen LogP contribution in [0.1, 0.15) is 51.0 Å². The Hall–Kier alpha value is -0.470. The first-order valence-corrected chi connectivity index (χ1v) is 9.22. The van der Waals surface area contributed by atoms with Gasteiger partial charge in [-0.25, -0.2) is 0 Å². The first kappa shape index (κ1) is 14.5. The topological polar surface area (TPSA) is 12.0 Å². The number of hydrogen-bond acceptors (Lipinski definition) is 2. The molecule has 20 heavy (non-hydrogen) atoms. The van der Waals surface area contributed by atoms with E-state index in [1.807, 2.05) is 0 Å². The molecule has 1 fully saturated rings. The molecule has 0 spiro atoms. The quantitative estimate of drug-likeness (QED) is 0.747. The molecule has 1 heterocycles. The zero-order valence-corrected chi connectivity index (χ0v) is 13.4. The zero-order chi connectivity index (χ0) is 13.8. The Labute approximate surface area is 127 Å². The van der Waals surface area contributed by atoms with E-state index in [1.54, 1.807) is 5.56 Å². The Bertz CT molecular complexity index is 402. The third kappa shape index (κ3) is 3.79. The second-order valence-electron chi connectivity index (χ2n) is 6.38. The highest BCUT2D eigenvalue weighted by Gasteiger charge is 2.30. The van der Waals surface area contributed by atoms with Crippen molar-refractivity contribution in [1.29, 1.82) is 0 Å². The van der Waals surface area contributed by atoms with Gasteiger partial charge in [-0.15, -0.1) is 11.8 Å². The van der Waals surface area contributed by atoms with E-state index in [9.17, 15) is 0 Å². The van der Waals surface area contributed by atoms with E-state index in [1.165, 1.54) is 56.4 Å². The predicted molar refractivity (Wildman–Crippen MR) is 88.4 cm³/mol. The Morgan fingerprint density at radius 2 is 2.15 bits per heavy atom. The van der Waals surface area contributed by atoms with Gasteiger partial charge in [-0.2, -0.15) is 0 Å². The first-order valence-electron chi connectivity index (χ1n) is 8.34. The summed E-state index contributed by atoms with van der Waals surface area (Å²) in [5.41, 5.74) is 1.57. The summed E-state index contributed by atoms with van der Waals surface area (Å²) < 4.78 is 0. The van der Waals surface area contributed by atoms with Crippen molar-refractivity contribution in [3.63, 3.8) is 0 Å². The van der Waals surface area contributed by atoms with Crippen LogP contribution in [-0.4, -0.2) is 17.8 Å². The van der Waals surface area contributed by atoms with Gasteiger partial charge in [-0.1, -0.05) is 31.5 Å². The van der Waals surface area contributed by atoms with Gasteiger partial charge in [0.15, 0.2) is 0 Å². The summed E-state index contributed by atoms with van der Waals surface area (Å²) >= 11 is 2.11. The fraction of sp³-hybridized carbons (Fsp3) is 0.667. The highest BCUT2D eigenvalue weighted by Crippen LogP contribution is 2.40. The van der Waals surface area contributed by atoms with Crippen molar-refractivity contribution in [2.45, 2.75) is 68.1 Å². The third-order valence-electron chi connectivity index (χ3n) is 4.60. The molecule has 1 aliphatic heterocycles. The number of rotatable bonds is 8. The second kappa shape index (κ2) is 7.00. The Balaban J connectivity index is 1.40. The highest BCUT2D eigenvalue weighted by molar-refractivity contribution is 8.00. The molecule has 0 radical (unpaired) electrons. The summed E-state index contributed by atoms with van der Waals surface area (Å²) in [6.07, 6.45) is 9.64. The van der Waals surface area contributed by atoms with Gasteiger partial charge in [-0.3, -0.25) is 0 Å². The molecule has 1 nitrogen and oxygen atoms in total. The standard InChI is InChI=1S/C18H27NS/c1-2-12-19-17(14-10-11-14)8-5-7-16-13-15-6-3-4-9-18(15)20-16/h3-4,6,9,14,16-17,19H,2,5,7-8,10-13H2,1H3. The van der Waals surface area contributed by atoms with E-state index in [0.717, 1.165) is 17.2 Å². The summed E-state index contributed by atoms with van der Waals surface area (Å²) in [5, 5.41) is 4.60. The Morgan fingerprint density at radius 3 is 2.90 bits per heavy atom. The maximum absolute atomic E-state index is 3.77. The molecule has 0 saturated heterocycles. The van der Waals surface area contributed by atoms with Gasteiger partial charge in [0.25, 0.3) is 0 Å². The van der Waals surface area contributed by atoms with Crippen LogP contribution < -0.4 is 5.32 Å². The van der Waals surface area contributed by atoms with E-state index in [2.05, 4.69) is 48.3 Å². The molecule has 2 aliphatic rings. The maximum Gasteiger partial charge on any atom is 0.0135 e. The lowest BCUT2D eigenvalue weighted by Gasteiger charge is -2.18. The monoisotopic (exact) mass is 289 g/mol. The molecule has 1 N–H and O–H groups in total. The van der Waals surface area contributed by atoms with Gasteiger partial charge < -0.3 is 5.32 Å². The van der Waals surface area contributed by atoms with Gasteiger partial charge >= 0.3 is 0 Å². The van der Waals surface area contributed by atoms with Crippen molar-refractivity contribution < 1.29 is 0 Å². The van der Waals surface area contributed by atoms with Gasteiger partial charge in [0, 0.05) is 16.2 Å². The predicted octanol–water partition coefficient (Wildman–Crippen LogP) is 4.65. The minimum atomic E-state index is 0.809. The Kier molecular flexibility index (Phi) is 5.06. The normalized spacial score (nSPS) is 22.8. The van der Waals surface area contributed by atoms with Crippen LogP contribution in [-0.2, 0) is 6.42 Å². The van der Waals surface area contributed by atoms with Gasteiger partial charge in [0.2, 0.25) is 0 Å². The van der Waals surface area contributed by atoms with Crippen LogP contribution in [0.3, 0.4) is 0 Å². The summed E-state index contributed by atoms with van der Waals surface area (Å²) in [6.45, 7) is 3.47. The molecule has 1 saturated carbocycles. The van der Waals surface area contributed by atoms with Crippen molar-refractivity contribution in [3.05, 3.63) is 29.8 Å². The summed E-state index contributed by atoms with van der Waals surface area (Å²) in [6, 6.07) is 9.75. The molecule has 2 atom stereocenters. The largest absolute Gasteiger partial charge is 0.314 e. The summed E-state index contributed by atoms with van der Waals surface area (Å²) in [7, 11) is 0. The van der Waals surface area contributed by atoms with Crippen LogP contribution in [0, 0.1) is 5.92 Å². The molecular formula is C18H27NS. The number of hydrogen-bond donors (Lipinski definition) is 1. The summed E-state index contributed by atoms with van der Waals surface area (Å²) in [5.74, 6) is 0.995. The maximum atomic E-state index is 3.77. The van der Waals surface area contributed by atoms with E-state index >= 15 is 0 Å². The minimum Gasteiger partial charge on any atom is -0.314 e. The lowest BCUT2D eigenvalue weighted by Crippen LogP contribution is -2.31. The molecule has 0 amide bonds. The van der Waals surface area contributed by atoms with Gasteiger partial charge in [0.05, 0.1) is 0 Å². The van der Waals surface area contributed by atoms with Crippen LogP contribution in [0.4, 0.5) is 0 Å². The van der Waals surface area contributed by atoms with Crippen molar-refractivity contribution in [1.82, 2.24) is 5.32 Å². The van der Waals surface area contributed by atoms with E-state index in [-0.39, 0.29) is 0 Å². The molecule has 2 heteroatoms. The average molecular weight is 289 g/mol. The lowest BCUT2D eigenvalue weighted by atomic mass is 10.0. The molecule has 0 aromatic heterocycles. The second-order valence-corrected chi connectivity index (χ2v) is 7.72. The zero-order valence-electron chi connectivity index (χ0n) is 12.6. The van der Waals surface area contributed by atoms with E-state index in [4.69, 9.17) is 0 Å². The number of nitrogens with one attached hydrogen (secondary N) is 1. The summed E-state index contributed by atoms with van der Waals surface area (Å²) in [4.78, 5) is 1.53. The van der Waals surface area contributed by atoms with Crippen LogP contribution in [0.25, 0.3) is 0 Å². The molecule has 1 aromatic rings. The average Bonchev–Trinajstić information content (AvgIpc) is 3.22. The minimum absolute atomic E-state index is 0.809.